The van der Waals surface area contributed by atoms with E-state index in [2.05, 4.69) is 35.5 Å². The molecule has 0 aromatic heterocycles. The maximum atomic E-state index is 11.2. The smallest absolute Gasteiger partial charge is 0.270 e. The summed E-state index contributed by atoms with van der Waals surface area (Å²) < 4.78 is 2.19. The molecule has 4 nitrogen and oxygen atoms in total. The van der Waals surface area contributed by atoms with Crippen molar-refractivity contribution in [1.82, 2.24) is 9.79 Å². The van der Waals surface area contributed by atoms with Crippen molar-refractivity contribution in [3.63, 3.8) is 0 Å². The number of hydrogen-bond acceptors (Lipinski definition) is 4. The van der Waals surface area contributed by atoms with Gasteiger partial charge in [0.2, 0.25) is 0 Å². The third-order valence-corrected chi connectivity index (χ3v) is 3.89. The Labute approximate surface area is 111 Å². The number of carbonyl (C=O) groups excluding carboxylic acids is 1. The molecule has 2 rings (SSSR count). The van der Waals surface area contributed by atoms with Crippen molar-refractivity contribution in [2.24, 2.45) is 0 Å². The molecular formula is C13H16N2O2S. The van der Waals surface area contributed by atoms with Crippen LogP contribution in [0, 0.1) is 6.92 Å². The van der Waals surface area contributed by atoms with E-state index in [-0.39, 0.29) is 0 Å². The summed E-state index contributed by atoms with van der Waals surface area (Å²) in [7, 11) is 0. The summed E-state index contributed by atoms with van der Waals surface area (Å²) in [5.41, 5.74) is 3.57. The Morgan fingerprint density at radius 1 is 1.39 bits per heavy atom. The molecule has 0 spiro atoms. The number of rotatable bonds is 3. The third-order valence-electron chi connectivity index (χ3n) is 2.82. The maximum absolute atomic E-state index is 11.2. The van der Waals surface area contributed by atoms with Crippen molar-refractivity contribution in [3.05, 3.63) is 41.5 Å². The highest BCUT2D eigenvalue weighted by molar-refractivity contribution is 7.97. The van der Waals surface area contributed by atoms with Gasteiger partial charge in [-0.05, 0) is 37.4 Å². The molecule has 0 fully saturated rings. The lowest BCUT2D eigenvalue weighted by Crippen LogP contribution is -2.29. The van der Waals surface area contributed by atoms with E-state index in [1.165, 1.54) is 10.5 Å². The lowest BCUT2D eigenvalue weighted by Gasteiger charge is -2.24. The van der Waals surface area contributed by atoms with Crippen LogP contribution in [0.4, 0.5) is 0 Å². The zero-order valence-electron chi connectivity index (χ0n) is 10.2. The van der Waals surface area contributed by atoms with E-state index in [4.69, 9.17) is 5.21 Å². The Morgan fingerprint density at radius 3 is 2.67 bits per heavy atom. The highest BCUT2D eigenvalue weighted by Gasteiger charge is 2.17. The van der Waals surface area contributed by atoms with Gasteiger partial charge in [0.1, 0.15) is 0 Å². The number of carbonyl (C=O) groups is 1. The Morgan fingerprint density at radius 2 is 2.11 bits per heavy atom. The van der Waals surface area contributed by atoms with Gasteiger partial charge < -0.3 is 0 Å². The van der Waals surface area contributed by atoms with Crippen molar-refractivity contribution < 1.29 is 10.0 Å². The number of hydroxylamine groups is 1. The maximum Gasteiger partial charge on any atom is 0.270 e. The molecule has 1 aliphatic rings. The Balaban J connectivity index is 1.92. The minimum Gasteiger partial charge on any atom is -0.288 e. The van der Waals surface area contributed by atoms with Crippen LogP contribution in [-0.4, -0.2) is 28.5 Å². The number of amides is 1. The van der Waals surface area contributed by atoms with E-state index in [1.807, 2.05) is 6.08 Å². The van der Waals surface area contributed by atoms with E-state index in [9.17, 15) is 4.79 Å². The van der Waals surface area contributed by atoms with Crippen LogP contribution in [0.15, 0.2) is 40.8 Å². The fourth-order valence-corrected chi connectivity index (χ4v) is 2.65. The van der Waals surface area contributed by atoms with Crippen molar-refractivity contribution in [3.8, 4) is 0 Å². The molecule has 1 aromatic rings. The summed E-state index contributed by atoms with van der Waals surface area (Å²) in [5.74, 6) is -0.394. The first-order valence-electron chi connectivity index (χ1n) is 5.82. The second-order valence-electron chi connectivity index (χ2n) is 4.21. The minimum atomic E-state index is -0.394. The van der Waals surface area contributed by atoms with Crippen LogP contribution in [0.25, 0.3) is 0 Å². The summed E-state index contributed by atoms with van der Waals surface area (Å²) in [6.07, 6.45) is 2.52. The predicted molar refractivity (Wildman–Crippen MR) is 71.2 cm³/mol. The van der Waals surface area contributed by atoms with Crippen LogP contribution >= 0.6 is 11.9 Å². The average Bonchev–Trinajstić information content (AvgIpc) is 2.41. The second kappa shape index (κ2) is 6.04. The lowest BCUT2D eigenvalue weighted by atomic mass is 10.1. The SMILES string of the molecule is Cc1ccc(SN2CC=C(C(=O)NO)CC2)cc1. The van der Waals surface area contributed by atoms with Gasteiger partial charge in [0.05, 0.1) is 0 Å². The van der Waals surface area contributed by atoms with Crippen LogP contribution in [0.1, 0.15) is 12.0 Å². The van der Waals surface area contributed by atoms with Crippen LogP contribution in [-0.2, 0) is 4.79 Å². The Kier molecular flexibility index (Phi) is 4.41. The number of hydrogen-bond donors (Lipinski definition) is 2. The van der Waals surface area contributed by atoms with Gasteiger partial charge in [0.25, 0.3) is 5.91 Å². The summed E-state index contributed by atoms with van der Waals surface area (Å²) >= 11 is 1.69. The van der Waals surface area contributed by atoms with Crippen molar-refractivity contribution in [2.45, 2.75) is 18.2 Å². The summed E-state index contributed by atoms with van der Waals surface area (Å²) in [4.78, 5) is 12.4. The van der Waals surface area contributed by atoms with E-state index >= 15 is 0 Å². The van der Waals surface area contributed by atoms with E-state index in [0.717, 1.165) is 6.54 Å². The number of nitrogens with zero attached hydrogens (tertiary/aromatic N) is 1. The molecule has 0 atom stereocenters. The van der Waals surface area contributed by atoms with Gasteiger partial charge in [-0.1, -0.05) is 23.8 Å². The highest BCUT2D eigenvalue weighted by atomic mass is 32.2. The van der Waals surface area contributed by atoms with Gasteiger partial charge in [-0.3, -0.25) is 10.0 Å². The number of aryl methyl sites for hydroxylation is 1. The monoisotopic (exact) mass is 264 g/mol. The highest BCUT2D eigenvalue weighted by Crippen LogP contribution is 2.26. The minimum absolute atomic E-state index is 0.394. The molecule has 1 amide bonds. The molecule has 18 heavy (non-hydrogen) atoms. The molecule has 1 heterocycles. The topological polar surface area (TPSA) is 52.6 Å². The van der Waals surface area contributed by atoms with E-state index in [0.29, 0.717) is 18.5 Å². The summed E-state index contributed by atoms with van der Waals surface area (Å²) in [6, 6.07) is 8.37. The van der Waals surface area contributed by atoms with Gasteiger partial charge in [-0.15, -0.1) is 0 Å². The molecule has 1 aliphatic heterocycles. The summed E-state index contributed by atoms with van der Waals surface area (Å²) in [5, 5.41) is 8.55. The van der Waals surface area contributed by atoms with Crippen LogP contribution < -0.4 is 5.48 Å². The molecule has 0 saturated heterocycles. The van der Waals surface area contributed by atoms with Crippen LogP contribution in [0.5, 0.6) is 0 Å². The van der Waals surface area contributed by atoms with Crippen LogP contribution in [0.3, 0.4) is 0 Å². The first-order valence-corrected chi connectivity index (χ1v) is 6.59. The average molecular weight is 264 g/mol. The van der Waals surface area contributed by atoms with Crippen molar-refractivity contribution in [2.75, 3.05) is 13.1 Å². The molecular weight excluding hydrogens is 248 g/mol. The molecule has 0 radical (unpaired) electrons. The Bertz CT molecular complexity index is 457. The third kappa shape index (κ3) is 3.35. The molecule has 5 heteroatoms. The zero-order chi connectivity index (χ0) is 13.0. The largest absolute Gasteiger partial charge is 0.288 e. The molecule has 1 aromatic carbocycles. The quantitative estimate of drug-likeness (QED) is 0.499. The predicted octanol–water partition coefficient (Wildman–Crippen LogP) is 2.14. The fourth-order valence-electron chi connectivity index (χ4n) is 1.76. The number of benzene rings is 1. The second-order valence-corrected chi connectivity index (χ2v) is 5.38. The van der Waals surface area contributed by atoms with Crippen molar-refractivity contribution in [1.29, 1.82) is 0 Å². The van der Waals surface area contributed by atoms with Gasteiger partial charge in [-0.2, -0.15) is 0 Å². The molecule has 2 N–H and O–H groups in total. The van der Waals surface area contributed by atoms with Gasteiger partial charge in [-0.25, -0.2) is 9.79 Å². The number of nitrogens with one attached hydrogen (secondary N) is 1. The normalized spacial score (nSPS) is 16.2. The molecule has 96 valence electrons. The van der Waals surface area contributed by atoms with E-state index in [1.54, 1.807) is 17.4 Å². The zero-order valence-corrected chi connectivity index (χ0v) is 11.0. The first-order chi connectivity index (χ1) is 8.69. The summed E-state index contributed by atoms with van der Waals surface area (Å²) in [6.45, 7) is 3.58. The molecule has 0 saturated carbocycles. The van der Waals surface area contributed by atoms with Gasteiger partial charge in [0, 0.05) is 23.6 Å². The lowest BCUT2D eigenvalue weighted by molar-refractivity contribution is -0.125. The van der Waals surface area contributed by atoms with Gasteiger partial charge >= 0.3 is 0 Å². The molecule has 0 bridgehead atoms. The first kappa shape index (κ1) is 13.1. The van der Waals surface area contributed by atoms with Gasteiger partial charge in [0.15, 0.2) is 0 Å². The van der Waals surface area contributed by atoms with Crippen molar-refractivity contribution >= 4 is 17.9 Å². The van der Waals surface area contributed by atoms with E-state index < -0.39 is 5.91 Å². The molecule has 0 unspecified atom stereocenters. The van der Waals surface area contributed by atoms with Crippen LogP contribution in [0.2, 0.25) is 0 Å². The standard InChI is InChI=1S/C13H16N2O2S/c1-10-2-4-12(5-3-10)18-15-8-6-11(7-9-15)13(16)14-17/h2-6,17H,7-9H2,1H3,(H,14,16). The Hall–Kier alpha value is -1.30. The fraction of sp³-hybridized carbons (Fsp3) is 0.308. The molecule has 0 aliphatic carbocycles.